The molecule has 0 bridgehead atoms. The molecular formula is C22H28ClN3O5S. The smallest absolute Gasteiger partial charge is 0.244 e. The number of hydrogen-bond acceptors (Lipinski definition) is 5. The van der Waals surface area contributed by atoms with Crippen LogP contribution in [0.1, 0.15) is 57.8 Å². The molecule has 1 N–H and O–H groups in total. The van der Waals surface area contributed by atoms with Crippen LogP contribution >= 0.6 is 11.6 Å². The molecule has 1 aromatic carbocycles. The van der Waals surface area contributed by atoms with Crippen molar-refractivity contribution < 1.29 is 22.8 Å². The van der Waals surface area contributed by atoms with E-state index < -0.39 is 27.9 Å². The van der Waals surface area contributed by atoms with E-state index in [2.05, 4.69) is 5.32 Å². The summed E-state index contributed by atoms with van der Waals surface area (Å²) in [5, 5.41) is 2.76. The molecule has 0 unspecified atom stereocenters. The van der Waals surface area contributed by atoms with Crippen LogP contribution in [-0.2, 0) is 24.4 Å². The van der Waals surface area contributed by atoms with Gasteiger partial charge in [-0.15, -0.1) is 0 Å². The Hall–Kier alpha value is -1.97. The van der Waals surface area contributed by atoms with E-state index in [1.807, 2.05) is 0 Å². The number of amides is 3. The number of likely N-dealkylation sites (tertiary alicyclic amines) is 1. The van der Waals surface area contributed by atoms with Crippen molar-refractivity contribution in [3.63, 3.8) is 0 Å². The number of carbonyl (C=O) groups is 3. The molecule has 8 nitrogen and oxygen atoms in total. The van der Waals surface area contributed by atoms with Gasteiger partial charge in [-0.3, -0.25) is 19.3 Å². The Bertz CT molecular complexity index is 1030. The standard InChI is InChI=1S/C22H28ClN3O5S/c23-17-8-7-16(32(30,31)25-11-5-2-6-12-25)13-18(17)24-19(27)15-26-20(28)14-22(21(26)29)9-3-1-4-10-22/h7-8,13H,1-6,9-12,14-15H2,(H,24,27). The molecule has 0 atom stereocenters. The van der Waals surface area contributed by atoms with E-state index in [4.69, 9.17) is 11.6 Å². The highest BCUT2D eigenvalue weighted by molar-refractivity contribution is 7.89. The molecule has 3 amide bonds. The second kappa shape index (κ2) is 9.11. The summed E-state index contributed by atoms with van der Waals surface area (Å²) in [6.07, 6.45) is 7.02. The highest BCUT2D eigenvalue weighted by Gasteiger charge is 2.51. The maximum Gasteiger partial charge on any atom is 0.244 e. The number of hydrogen-bond donors (Lipinski definition) is 1. The fourth-order valence-electron chi connectivity index (χ4n) is 4.99. The first-order valence-corrected chi connectivity index (χ1v) is 13.0. The number of carbonyl (C=O) groups excluding carboxylic acids is 3. The second-order valence-corrected chi connectivity index (χ2v) is 11.3. The summed E-state index contributed by atoms with van der Waals surface area (Å²) >= 11 is 6.20. The lowest BCUT2D eigenvalue weighted by Crippen LogP contribution is -2.41. The maximum absolute atomic E-state index is 12.9. The van der Waals surface area contributed by atoms with Crippen LogP contribution in [0.3, 0.4) is 0 Å². The summed E-state index contributed by atoms with van der Waals surface area (Å²) in [7, 11) is -3.69. The van der Waals surface area contributed by atoms with Gasteiger partial charge in [0.1, 0.15) is 6.54 Å². The molecule has 2 heterocycles. The fourth-order valence-corrected chi connectivity index (χ4v) is 6.70. The third kappa shape index (κ3) is 4.43. The van der Waals surface area contributed by atoms with E-state index in [9.17, 15) is 22.8 Å². The summed E-state index contributed by atoms with van der Waals surface area (Å²) in [6.45, 7) is 0.528. The van der Waals surface area contributed by atoms with Crippen LogP contribution in [-0.4, -0.2) is 55.0 Å². The highest BCUT2D eigenvalue weighted by atomic mass is 35.5. The van der Waals surface area contributed by atoms with Crippen LogP contribution in [0.15, 0.2) is 23.1 Å². The summed E-state index contributed by atoms with van der Waals surface area (Å²) < 4.78 is 27.3. The zero-order chi connectivity index (χ0) is 22.9. The molecule has 1 saturated carbocycles. The van der Waals surface area contributed by atoms with E-state index in [1.165, 1.54) is 22.5 Å². The summed E-state index contributed by atoms with van der Waals surface area (Å²) in [4.78, 5) is 39.2. The van der Waals surface area contributed by atoms with E-state index in [-0.39, 0.29) is 33.8 Å². The normalized spacial score (nSPS) is 21.8. The molecule has 1 aromatic rings. The van der Waals surface area contributed by atoms with Crippen molar-refractivity contribution in [2.75, 3.05) is 25.0 Å². The van der Waals surface area contributed by atoms with Crippen molar-refractivity contribution in [2.24, 2.45) is 5.41 Å². The first-order valence-electron chi connectivity index (χ1n) is 11.2. The van der Waals surface area contributed by atoms with Gasteiger partial charge in [-0.2, -0.15) is 4.31 Å². The first kappa shape index (κ1) is 23.2. The Morgan fingerprint density at radius 2 is 1.69 bits per heavy atom. The topological polar surface area (TPSA) is 104 Å². The van der Waals surface area contributed by atoms with Gasteiger partial charge in [0.25, 0.3) is 0 Å². The molecule has 174 valence electrons. The number of halogens is 1. The van der Waals surface area contributed by atoms with Crippen molar-refractivity contribution >= 4 is 45.0 Å². The number of nitrogens with zero attached hydrogens (tertiary/aromatic N) is 2. The van der Waals surface area contributed by atoms with Crippen LogP contribution < -0.4 is 5.32 Å². The number of sulfonamides is 1. The van der Waals surface area contributed by atoms with Gasteiger partial charge in [0.2, 0.25) is 27.7 Å². The molecule has 0 radical (unpaired) electrons. The predicted molar refractivity (Wildman–Crippen MR) is 120 cm³/mol. The van der Waals surface area contributed by atoms with Gasteiger partial charge < -0.3 is 5.32 Å². The van der Waals surface area contributed by atoms with E-state index in [0.717, 1.165) is 43.4 Å². The monoisotopic (exact) mass is 481 g/mol. The zero-order valence-electron chi connectivity index (χ0n) is 17.9. The lowest BCUT2D eigenvalue weighted by Gasteiger charge is -2.30. The summed E-state index contributed by atoms with van der Waals surface area (Å²) in [6, 6.07) is 4.18. The molecule has 2 saturated heterocycles. The Kier molecular flexibility index (Phi) is 6.61. The van der Waals surface area contributed by atoms with Gasteiger partial charge in [0, 0.05) is 19.5 Å². The van der Waals surface area contributed by atoms with Gasteiger partial charge in [0.05, 0.1) is 21.0 Å². The van der Waals surface area contributed by atoms with Gasteiger partial charge in [-0.25, -0.2) is 8.42 Å². The Morgan fingerprint density at radius 3 is 2.38 bits per heavy atom. The number of imide groups is 1. The highest BCUT2D eigenvalue weighted by Crippen LogP contribution is 2.45. The largest absolute Gasteiger partial charge is 0.323 e. The number of benzene rings is 1. The van der Waals surface area contributed by atoms with Crippen molar-refractivity contribution in [1.29, 1.82) is 0 Å². The lowest BCUT2D eigenvalue weighted by molar-refractivity contribution is -0.144. The Labute approximate surface area is 193 Å². The van der Waals surface area contributed by atoms with E-state index in [1.54, 1.807) is 0 Å². The molecular weight excluding hydrogens is 454 g/mol. The van der Waals surface area contributed by atoms with E-state index in [0.29, 0.717) is 25.9 Å². The third-order valence-corrected chi connectivity index (χ3v) is 8.99. The Balaban J connectivity index is 1.47. The molecule has 10 heteroatoms. The minimum atomic E-state index is -3.69. The number of piperidine rings is 1. The van der Waals surface area contributed by atoms with Crippen LogP contribution in [0, 0.1) is 5.41 Å². The van der Waals surface area contributed by atoms with E-state index >= 15 is 0 Å². The number of anilines is 1. The number of nitrogens with one attached hydrogen (secondary N) is 1. The molecule has 32 heavy (non-hydrogen) atoms. The molecule has 4 rings (SSSR count). The summed E-state index contributed by atoms with van der Waals surface area (Å²) in [5.41, 5.74) is -0.517. The minimum absolute atomic E-state index is 0.0496. The van der Waals surface area contributed by atoms with Crippen LogP contribution in [0.5, 0.6) is 0 Å². The molecule has 3 aliphatic rings. The molecule has 2 aliphatic heterocycles. The molecule has 1 spiro atoms. The molecule has 0 aromatic heterocycles. The zero-order valence-corrected chi connectivity index (χ0v) is 19.5. The maximum atomic E-state index is 12.9. The Morgan fingerprint density at radius 1 is 1.03 bits per heavy atom. The van der Waals surface area contributed by atoms with Crippen molar-refractivity contribution in [2.45, 2.75) is 62.7 Å². The average molecular weight is 482 g/mol. The first-order chi connectivity index (χ1) is 15.2. The van der Waals surface area contributed by atoms with Crippen LogP contribution in [0.2, 0.25) is 5.02 Å². The molecule has 3 fully saturated rings. The second-order valence-electron chi connectivity index (χ2n) is 8.96. The third-order valence-electron chi connectivity index (χ3n) is 6.77. The van der Waals surface area contributed by atoms with Gasteiger partial charge in [0.15, 0.2) is 0 Å². The van der Waals surface area contributed by atoms with Gasteiger partial charge in [-0.1, -0.05) is 37.3 Å². The average Bonchev–Trinajstić information content (AvgIpc) is 3.00. The van der Waals surface area contributed by atoms with Crippen LogP contribution in [0.4, 0.5) is 5.69 Å². The minimum Gasteiger partial charge on any atom is -0.323 e. The lowest BCUT2D eigenvalue weighted by atomic mass is 9.73. The SMILES string of the molecule is O=C(CN1C(=O)CC2(CCCCC2)C1=O)Nc1cc(S(=O)(=O)N2CCCCC2)ccc1Cl. The predicted octanol–water partition coefficient (Wildman–Crippen LogP) is 3.16. The van der Waals surface area contributed by atoms with Crippen LogP contribution in [0.25, 0.3) is 0 Å². The quantitative estimate of drug-likeness (QED) is 0.650. The fraction of sp³-hybridized carbons (Fsp3) is 0.591. The summed E-state index contributed by atoms with van der Waals surface area (Å²) in [5.74, 6) is -1.20. The number of rotatable bonds is 5. The van der Waals surface area contributed by atoms with Crippen molar-refractivity contribution in [3.8, 4) is 0 Å². The van der Waals surface area contributed by atoms with Gasteiger partial charge >= 0.3 is 0 Å². The van der Waals surface area contributed by atoms with Crippen molar-refractivity contribution in [3.05, 3.63) is 23.2 Å². The van der Waals surface area contributed by atoms with Crippen molar-refractivity contribution in [1.82, 2.24) is 9.21 Å². The van der Waals surface area contributed by atoms with Gasteiger partial charge in [-0.05, 0) is 43.9 Å². The molecule has 1 aliphatic carbocycles.